The molecule has 0 unspecified atom stereocenters. The number of ketones is 1. The molecule has 0 saturated heterocycles. The molecular weight excluding hydrogens is 276 g/mol. The van der Waals surface area contributed by atoms with E-state index in [-0.39, 0.29) is 12.6 Å². The molecule has 1 aliphatic rings. The second-order valence-electron chi connectivity index (χ2n) is 4.32. The lowest BCUT2D eigenvalue weighted by molar-refractivity contribution is 0.104. The zero-order valence-corrected chi connectivity index (χ0v) is 11.3. The summed E-state index contributed by atoms with van der Waals surface area (Å²) in [6.07, 6.45) is 3.28. The molecular formula is C16H11ClO3. The molecule has 0 spiro atoms. The summed E-state index contributed by atoms with van der Waals surface area (Å²) < 4.78 is 10.5. The lowest BCUT2D eigenvalue weighted by Crippen LogP contribution is -1.93. The summed E-state index contributed by atoms with van der Waals surface area (Å²) in [6.45, 7) is 0.242. The summed E-state index contributed by atoms with van der Waals surface area (Å²) in [5.74, 6) is 1.36. The van der Waals surface area contributed by atoms with Crippen LogP contribution >= 0.6 is 11.6 Å². The van der Waals surface area contributed by atoms with Gasteiger partial charge in [0.2, 0.25) is 6.79 Å². The van der Waals surface area contributed by atoms with Crippen LogP contribution in [0.3, 0.4) is 0 Å². The van der Waals surface area contributed by atoms with Crippen molar-refractivity contribution >= 4 is 23.5 Å². The number of rotatable bonds is 3. The Balaban J connectivity index is 1.76. The summed E-state index contributed by atoms with van der Waals surface area (Å²) in [5.41, 5.74) is 1.49. The Labute approximate surface area is 121 Å². The fourth-order valence-corrected chi connectivity index (χ4v) is 2.03. The Bertz CT molecular complexity index is 675. The monoisotopic (exact) mass is 286 g/mol. The van der Waals surface area contributed by atoms with Gasteiger partial charge >= 0.3 is 0 Å². The second-order valence-corrected chi connectivity index (χ2v) is 4.75. The molecule has 0 saturated carbocycles. The van der Waals surface area contributed by atoms with E-state index in [1.807, 2.05) is 18.2 Å². The minimum absolute atomic E-state index is 0.0701. The second kappa shape index (κ2) is 5.39. The Morgan fingerprint density at radius 3 is 2.60 bits per heavy atom. The largest absolute Gasteiger partial charge is 0.454 e. The standard InChI is InChI=1S/C16H11ClO3/c17-13-5-3-12(4-6-13)14(18)7-1-11-2-8-15-16(9-11)20-10-19-15/h1-9H,10H2/b7-1+. The minimum atomic E-state index is -0.0701. The van der Waals surface area contributed by atoms with Crippen LogP contribution in [0.5, 0.6) is 11.5 Å². The van der Waals surface area contributed by atoms with Gasteiger partial charge in [-0.1, -0.05) is 23.7 Å². The summed E-state index contributed by atoms with van der Waals surface area (Å²) in [7, 11) is 0. The average Bonchev–Trinajstić information content (AvgIpc) is 2.93. The highest BCUT2D eigenvalue weighted by Gasteiger charge is 2.12. The molecule has 3 nitrogen and oxygen atoms in total. The molecule has 1 aliphatic heterocycles. The number of benzene rings is 2. The molecule has 1 heterocycles. The van der Waals surface area contributed by atoms with Crippen LogP contribution in [-0.2, 0) is 0 Å². The van der Waals surface area contributed by atoms with Crippen LogP contribution in [0.25, 0.3) is 6.08 Å². The molecule has 0 radical (unpaired) electrons. The highest BCUT2D eigenvalue weighted by Crippen LogP contribution is 2.32. The number of halogens is 1. The van der Waals surface area contributed by atoms with Gasteiger partial charge in [-0.15, -0.1) is 0 Å². The summed E-state index contributed by atoms with van der Waals surface area (Å²) in [6, 6.07) is 12.3. The molecule has 0 atom stereocenters. The third-order valence-corrected chi connectivity index (χ3v) is 3.20. The van der Waals surface area contributed by atoms with Gasteiger partial charge in [0.25, 0.3) is 0 Å². The Kier molecular flexibility index (Phi) is 3.44. The maximum Gasteiger partial charge on any atom is 0.231 e. The van der Waals surface area contributed by atoms with Crippen LogP contribution in [0, 0.1) is 0 Å². The molecule has 2 aromatic carbocycles. The van der Waals surface area contributed by atoms with Gasteiger partial charge in [0.15, 0.2) is 17.3 Å². The molecule has 3 rings (SSSR count). The number of carbonyl (C=O) groups excluding carboxylic acids is 1. The molecule has 0 bridgehead atoms. The Hall–Kier alpha value is -2.26. The predicted molar refractivity (Wildman–Crippen MR) is 77.4 cm³/mol. The quantitative estimate of drug-likeness (QED) is 0.633. The van der Waals surface area contributed by atoms with E-state index in [4.69, 9.17) is 21.1 Å². The first-order chi connectivity index (χ1) is 9.72. The zero-order valence-electron chi connectivity index (χ0n) is 10.5. The van der Waals surface area contributed by atoms with E-state index >= 15 is 0 Å². The molecule has 0 aromatic heterocycles. The van der Waals surface area contributed by atoms with Crippen molar-refractivity contribution in [2.75, 3.05) is 6.79 Å². The summed E-state index contributed by atoms with van der Waals surface area (Å²) >= 11 is 5.79. The Morgan fingerprint density at radius 1 is 1.05 bits per heavy atom. The van der Waals surface area contributed by atoms with Gasteiger partial charge in [0.1, 0.15) is 0 Å². The molecule has 2 aromatic rings. The number of carbonyl (C=O) groups is 1. The van der Waals surface area contributed by atoms with Gasteiger partial charge in [-0.3, -0.25) is 4.79 Å². The van der Waals surface area contributed by atoms with E-state index < -0.39 is 0 Å². The van der Waals surface area contributed by atoms with Crippen LogP contribution in [0.15, 0.2) is 48.5 Å². The topological polar surface area (TPSA) is 35.5 Å². The lowest BCUT2D eigenvalue weighted by Gasteiger charge is -1.98. The van der Waals surface area contributed by atoms with E-state index in [9.17, 15) is 4.79 Å². The van der Waals surface area contributed by atoms with Crippen LogP contribution in [-0.4, -0.2) is 12.6 Å². The van der Waals surface area contributed by atoms with Crippen molar-refractivity contribution in [3.8, 4) is 11.5 Å². The molecule has 20 heavy (non-hydrogen) atoms. The van der Waals surface area contributed by atoms with Crippen LogP contribution in [0.2, 0.25) is 5.02 Å². The predicted octanol–water partition coefficient (Wildman–Crippen LogP) is 3.96. The third-order valence-electron chi connectivity index (χ3n) is 2.95. The molecule has 0 N–H and O–H groups in total. The van der Waals surface area contributed by atoms with E-state index in [0.717, 1.165) is 11.3 Å². The van der Waals surface area contributed by atoms with Gasteiger partial charge in [0.05, 0.1) is 0 Å². The number of hydrogen-bond acceptors (Lipinski definition) is 3. The molecule has 0 aliphatic carbocycles. The highest BCUT2D eigenvalue weighted by molar-refractivity contribution is 6.30. The number of ether oxygens (including phenoxy) is 2. The maximum absolute atomic E-state index is 12.0. The number of hydrogen-bond donors (Lipinski definition) is 0. The molecule has 0 amide bonds. The van der Waals surface area contributed by atoms with Crippen molar-refractivity contribution in [2.45, 2.75) is 0 Å². The maximum atomic E-state index is 12.0. The van der Waals surface area contributed by atoms with Crippen molar-refractivity contribution in [1.29, 1.82) is 0 Å². The van der Waals surface area contributed by atoms with Gasteiger partial charge in [0, 0.05) is 10.6 Å². The summed E-state index contributed by atoms with van der Waals surface area (Å²) in [5, 5.41) is 0.612. The number of allylic oxidation sites excluding steroid dienone is 1. The van der Waals surface area contributed by atoms with Crippen molar-refractivity contribution in [3.63, 3.8) is 0 Å². The highest BCUT2D eigenvalue weighted by atomic mass is 35.5. The Morgan fingerprint density at radius 2 is 1.80 bits per heavy atom. The first-order valence-electron chi connectivity index (χ1n) is 6.10. The minimum Gasteiger partial charge on any atom is -0.454 e. The third kappa shape index (κ3) is 2.68. The van der Waals surface area contributed by atoms with Gasteiger partial charge in [-0.05, 0) is 48.0 Å². The van der Waals surface area contributed by atoms with Crippen molar-refractivity contribution in [2.24, 2.45) is 0 Å². The lowest BCUT2D eigenvalue weighted by atomic mass is 10.1. The first kappa shape index (κ1) is 12.8. The first-order valence-corrected chi connectivity index (χ1v) is 6.48. The van der Waals surface area contributed by atoms with Crippen molar-refractivity contribution in [3.05, 3.63) is 64.7 Å². The zero-order chi connectivity index (χ0) is 13.9. The van der Waals surface area contributed by atoms with E-state index in [2.05, 4.69) is 0 Å². The van der Waals surface area contributed by atoms with Gasteiger partial charge in [-0.25, -0.2) is 0 Å². The van der Waals surface area contributed by atoms with Crippen molar-refractivity contribution < 1.29 is 14.3 Å². The van der Waals surface area contributed by atoms with E-state index in [1.165, 1.54) is 6.08 Å². The summed E-state index contributed by atoms with van der Waals surface area (Å²) in [4.78, 5) is 12.0. The number of fused-ring (bicyclic) bond motifs is 1. The van der Waals surface area contributed by atoms with Crippen LogP contribution in [0.4, 0.5) is 0 Å². The van der Waals surface area contributed by atoms with Crippen LogP contribution < -0.4 is 9.47 Å². The van der Waals surface area contributed by atoms with Crippen molar-refractivity contribution in [1.82, 2.24) is 0 Å². The molecule has 4 heteroatoms. The van der Waals surface area contributed by atoms with E-state index in [0.29, 0.717) is 16.3 Å². The normalized spacial score (nSPS) is 12.8. The SMILES string of the molecule is O=C(/C=C/c1ccc2c(c1)OCO2)c1ccc(Cl)cc1. The molecule has 0 fully saturated rings. The van der Waals surface area contributed by atoms with E-state index in [1.54, 1.807) is 30.3 Å². The molecule has 100 valence electrons. The average molecular weight is 287 g/mol. The fourth-order valence-electron chi connectivity index (χ4n) is 1.90. The fraction of sp³-hybridized carbons (Fsp3) is 0.0625. The van der Waals surface area contributed by atoms with Crippen LogP contribution in [0.1, 0.15) is 15.9 Å². The smallest absolute Gasteiger partial charge is 0.231 e. The van der Waals surface area contributed by atoms with Gasteiger partial charge < -0.3 is 9.47 Å². The van der Waals surface area contributed by atoms with Gasteiger partial charge in [-0.2, -0.15) is 0 Å².